The minimum atomic E-state index is -0.203. The normalized spacial score (nSPS) is 10.3. The molecule has 0 radical (unpaired) electrons. The van der Waals surface area contributed by atoms with Crippen LogP contribution in [0.4, 0.5) is 5.69 Å². The number of aromatic nitrogens is 3. The molecule has 2 heterocycles. The molecule has 2 aromatic heterocycles. The van der Waals surface area contributed by atoms with Crippen molar-refractivity contribution in [1.82, 2.24) is 20.1 Å². The zero-order valence-corrected chi connectivity index (χ0v) is 10.1. The predicted octanol–water partition coefficient (Wildman–Crippen LogP) is 0.370. The maximum atomic E-state index is 11.7. The van der Waals surface area contributed by atoms with Crippen molar-refractivity contribution in [3.63, 3.8) is 0 Å². The van der Waals surface area contributed by atoms with Crippen LogP contribution in [0, 0.1) is 0 Å². The first kappa shape index (κ1) is 12.1. The van der Waals surface area contributed by atoms with E-state index < -0.39 is 0 Å². The molecular formula is C12H15N5O. The van der Waals surface area contributed by atoms with Crippen LogP contribution in [0.25, 0.3) is 0 Å². The Morgan fingerprint density at radius 2 is 2.28 bits per heavy atom. The van der Waals surface area contributed by atoms with Gasteiger partial charge < -0.3 is 11.1 Å². The second-order valence-electron chi connectivity index (χ2n) is 3.96. The number of aryl methyl sites for hydroxylation is 1. The van der Waals surface area contributed by atoms with E-state index in [1.54, 1.807) is 16.8 Å². The molecule has 0 unspecified atom stereocenters. The topological polar surface area (TPSA) is 85.8 Å². The maximum Gasteiger partial charge on any atom is 0.269 e. The van der Waals surface area contributed by atoms with Crippen molar-refractivity contribution < 1.29 is 4.79 Å². The highest BCUT2D eigenvalue weighted by Gasteiger charge is 2.06. The van der Waals surface area contributed by atoms with Crippen LogP contribution in [0.5, 0.6) is 0 Å². The quantitative estimate of drug-likeness (QED) is 0.814. The van der Waals surface area contributed by atoms with Gasteiger partial charge >= 0.3 is 0 Å². The summed E-state index contributed by atoms with van der Waals surface area (Å²) in [5.41, 5.74) is 7.36. The third kappa shape index (κ3) is 3.07. The van der Waals surface area contributed by atoms with Crippen molar-refractivity contribution in [3.05, 3.63) is 42.0 Å². The van der Waals surface area contributed by atoms with Crippen molar-refractivity contribution in [1.29, 1.82) is 0 Å². The number of amides is 1. The first-order valence-electron chi connectivity index (χ1n) is 5.63. The van der Waals surface area contributed by atoms with E-state index in [2.05, 4.69) is 15.4 Å². The first-order chi connectivity index (χ1) is 8.65. The summed E-state index contributed by atoms with van der Waals surface area (Å²) in [6.07, 6.45) is 4.04. The summed E-state index contributed by atoms with van der Waals surface area (Å²) in [6.45, 7) is 0.530. The van der Waals surface area contributed by atoms with E-state index in [0.29, 0.717) is 24.3 Å². The summed E-state index contributed by atoms with van der Waals surface area (Å²) in [4.78, 5) is 15.7. The van der Waals surface area contributed by atoms with Crippen LogP contribution < -0.4 is 11.1 Å². The van der Waals surface area contributed by atoms with Gasteiger partial charge in [-0.2, -0.15) is 5.10 Å². The summed E-state index contributed by atoms with van der Waals surface area (Å²) in [5.74, 6) is -0.203. The number of pyridine rings is 1. The van der Waals surface area contributed by atoms with Gasteiger partial charge in [-0.1, -0.05) is 0 Å². The van der Waals surface area contributed by atoms with Crippen LogP contribution in [0.3, 0.4) is 0 Å². The molecule has 0 aliphatic heterocycles. The molecule has 0 fully saturated rings. The number of nitrogens with two attached hydrogens (primary N) is 1. The van der Waals surface area contributed by atoms with Gasteiger partial charge in [-0.25, -0.2) is 4.98 Å². The highest BCUT2D eigenvalue weighted by Crippen LogP contribution is 2.01. The summed E-state index contributed by atoms with van der Waals surface area (Å²) < 4.78 is 1.73. The predicted molar refractivity (Wildman–Crippen MR) is 67.9 cm³/mol. The standard InChI is InChI=1S/C12H15N5O/c1-17-7-5-10(16-17)4-6-14-12(18)11-3-2-9(13)8-15-11/h2-3,5,7-8H,4,6,13H2,1H3,(H,14,18). The number of carbonyl (C=O) groups is 1. The molecule has 94 valence electrons. The van der Waals surface area contributed by atoms with Crippen molar-refractivity contribution in [2.45, 2.75) is 6.42 Å². The van der Waals surface area contributed by atoms with Crippen molar-refractivity contribution >= 4 is 11.6 Å². The number of hydrogen-bond acceptors (Lipinski definition) is 4. The van der Waals surface area contributed by atoms with Crippen LogP contribution >= 0.6 is 0 Å². The van der Waals surface area contributed by atoms with Crippen molar-refractivity contribution in [2.75, 3.05) is 12.3 Å². The molecule has 18 heavy (non-hydrogen) atoms. The van der Waals surface area contributed by atoms with Gasteiger partial charge in [0.2, 0.25) is 0 Å². The Hall–Kier alpha value is -2.37. The number of nitrogen functional groups attached to an aromatic ring is 1. The van der Waals surface area contributed by atoms with E-state index >= 15 is 0 Å². The molecule has 2 rings (SSSR count). The van der Waals surface area contributed by atoms with Crippen LogP contribution in [-0.2, 0) is 13.5 Å². The number of rotatable bonds is 4. The summed E-state index contributed by atoms with van der Waals surface area (Å²) >= 11 is 0. The molecule has 0 bridgehead atoms. The van der Waals surface area contributed by atoms with Crippen molar-refractivity contribution in [3.8, 4) is 0 Å². The van der Waals surface area contributed by atoms with E-state index in [4.69, 9.17) is 5.73 Å². The Labute approximate surface area is 105 Å². The fourth-order valence-electron chi connectivity index (χ4n) is 1.53. The minimum absolute atomic E-state index is 0.203. The Bertz CT molecular complexity index is 532. The lowest BCUT2D eigenvalue weighted by Crippen LogP contribution is -2.26. The Kier molecular flexibility index (Phi) is 3.57. The van der Waals surface area contributed by atoms with Gasteiger partial charge in [-0.15, -0.1) is 0 Å². The van der Waals surface area contributed by atoms with Crippen LogP contribution in [-0.4, -0.2) is 27.2 Å². The average molecular weight is 245 g/mol. The van der Waals surface area contributed by atoms with Gasteiger partial charge in [0.15, 0.2) is 0 Å². The lowest BCUT2D eigenvalue weighted by molar-refractivity contribution is 0.0949. The summed E-state index contributed by atoms with van der Waals surface area (Å²) in [5, 5.41) is 7.01. The van der Waals surface area contributed by atoms with Gasteiger partial charge in [0.1, 0.15) is 5.69 Å². The Balaban J connectivity index is 1.83. The lowest BCUT2D eigenvalue weighted by Gasteiger charge is -2.03. The average Bonchev–Trinajstić information content (AvgIpc) is 2.76. The molecule has 6 nitrogen and oxygen atoms in total. The second-order valence-corrected chi connectivity index (χ2v) is 3.96. The highest BCUT2D eigenvalue weighted by molar-refractivity contribution is 5.92. The van der Waals surface area contributed by atoms with Crippen molar-refractivity contribution in [2.24, 2.45) is 7.05 Å². The molecule has 0 aliphatic rings. The SMILES string of the molecule is Cn1ccc(CCNC(=O)c2ccc(N)cn2)n1. The molecule has 0 aliphatic carbocycles. The molecule has 0 spiro atoms. The molecule has 3 N–H and O–H groups in total. The van der Waals surface area contributed by atoms with Gasteiger partial charge in [0.25, 0.3) is 5.91 Å². The van der Waals surface area contributed by atoms with Gasteiger partial charge in [0, 0.05) is 26.2 Å². The zero-order chi connectivity index (χ0) is 13.0. The van der Waals surface area contributed by atoms with Crippen LogP contribution in [0.1, 0.15) is 16.2 Å². The minimum Gasteiger partial charge on any atom is -0.397 e. The molecule has 0 saturated heterocycles. The van der Waals surface area contributed by atoms with E-state index in [-0.39, 0.29) is 5.91 Å². The molecule has 0 saturated carbocycles. The van der Waals surface area contributed by atoms with Gasteiger partial charge in [0.05, 0.1) is 17.6 Å². The van der Waals surface area contributed by atoms with Gasteiger partial charge in [-0.3, -0.25) is 9.48 Å². The molecule has 1 amide bonds. The fraction of sp³-hybridized carbons (Fsp3) is 0.250. The van der Waals surface area contributed by atoms with Crippen LogP contribution in [0.2, 0.25) is 0 Å². The van der Waals surface area contributed by atoms with Gasteiger partial charge in [-0.05, 0) is 18.2 Å². The molecule has 6 heteroatoms. The molecule has 2 aromatic rings. The smallest absolute Gasteiger partial charge is 0.269 e. The second kappa shape index (κ2) is 5.31. The van der Waals surface area contributed by atoms with E-state index in [9.17, 15) is 4.79 Å². The monoisotopic (exact) mass is 245 g/mol. The third-order valence-electron chi connectivity index (χ3n) is 2.45. The van der Waals surface area contributed by atoms with E-state index in [0.717, 1.165) is 5.69 Å². The Morgan fingerprint density at radius 3 is 2.89 bits per heavy atom. The number of hydrogen-bond donors (Lipinski definition) is 2. The molecule has 0 aromatic carbocycles. The maximum absolute atomic E-state index is 11.7. The number of nitrogens with zero attached hydrogens (tertiary/aromatic N) is 3. The van der Waals surface area contributed by atoms with Crippen LogP contribution in [0.15, 0.2) is 30.6 Å². The molecular weight excluding hydrogens is 230 g/mol. The summed E-state index contributed by atoms with van der Waals surface area (Å²) in [6, 6.07) is 5.18. The lowest BCUT2D eigenvalue weighted by atomic mass is 10.3. The highest BCUT2D eigenvalue weighted by atomic mass is 16.1. The molecule has 0 atom stereocenters. The fourth-order valence-corrected chi connectivity index (χ4v) is 1.53. The largest absolute Gasteiger partial charge is 0.397 e. The Morgan fingerprint density at radius 1 is 1.44 bits per heavy atom. The third-order valence-corrected chi connectivity index (χ3v) is 2.45. The van der Waals surface area contributed by atoms with E-state index in [1.807, 2.05) is 19.3 Å². The number of anilines is 1. The first-order valence-corrected chi connectivity index (χ1v) is 5.63. The number of nitrogens with one attached hydrogen (secondary N) is 1. The summed E-state index contributed by atoms with van der Waals surface area (Å²) in [7, 11) is 1.86. The zero-order valence-electron chi connectivity index (χ0n) is 10.1. The van der Waals surface area contributed by atoms with E-state index in [1.165, 1.54) is 6.20 Å². The number of carbonyl (C=O) groups excluding carboxylic acids is 1.